The van der Waals surface area contributed by atoms with Crippen molar-refractivity contribution in [1.29, 1.82) is 0 Å². The summed E-state index contributed by atoms with van der Waals surface area (Å²) in [5.74, 6) is 0.391. The highest BCUT2D eigenvalue weighted by Gasteiger charge is 2.24. The van der Waals surface area contributed by atoms with E-state index >= 15 is 0 Å². The first-order valence-corrected chi connectivity index (χ1v) is 6.50. The molecule has 18 heavy (non-hydrogen) atoms. The highest BCUT2D eigenvalue weighted by atomic mass is 35.5. The maximum atomic E-state index is 12.2. The van der Waals surface area contributed by atoms with Crippen molar-refractivity contribution < 1.29 is 4.79 Å². The molecule has 1 rings (SSSR count). The van der Waals surface area contributed by atoms with Crippen LogP contribution in [-0.4, -0.2) is 23.5 Å². The van der Waals surface area contributed by atoms with Gasteiger partial charge in [-0.15, -0.1) is 0 Å². The zero-order valence-corrected chi connectivity index (χ0v) is 12.1. The van der Waals surface area contributed by atoms with Gasteiger partial charge in [-0.2, -0.15) is 0 Å². The monoisotopic (exact) mass is 269 g/mol. The smallest absolute Gasteiger partial charge is 0.271 e. The van der Waals surface area contributed by atoms with Crippen LogP contribution in [-0.2, 0) is 0 Å². The van der Waals surface area contributed by atoms with Crippen molar-refractivity contribution in [1.82, 2.24) is 10.3 Å². The third-order valence-corrected chi connectivity index (χ3v) is 3.60. The van der Waals surface area contributed by atoms with E-state index in [0.717, 1.165) is 12.8 Å². The molecule has 0 aromatic carbocycles. The number of halogens is 1. The third kappa shape index (κ3) is 3.35. The largest absolute Gasteiger partial charge is 0.373 e. The lowest BCUT2D eigenvalue weighted by Crippen LogP contribution is -2.45. The van der Waals surface area contributed by atoms with E-state index in [4.69, 9.17) is 11.6 Å². The maximum Gasteiger partial charge on any atom is 0.271 e. The molecule has 1 aromatic heterocycles. The lowest BCUT2D eigenvalue weighted by molar-refractivity contribution is 0.0896. The number of nitrogens with one attached hydrogen (secondary N) is 2. The van der Waals surface area contributed by atoms with E-state index in [1.165, 1.54) is 0 Å². The Labute approximate surface area is 113 Å². The number of carbonyl (C=O) groups excluding carboxylic acids is 1. The van der Waals surface area contributed by atoms with Crippen LogP contribution >= 0.6 is 11.6 Å². The molecule has 5 heteroatoms. The van der Waals surface area contributed by atoms with Crippen LogP contribution in [0.1, 0.15) is 44.1 Å². The summed E-state index contributed by atoms with van der Waals surface area (Å²) < 4.78 is 0. The van der Waals surface area contributed by atoms with Gasteiger partial charge in [-0.3, -0.25) is 4.79 Å². The van der Waals surface area contributed by atoms with Gasteiger partial charge in [0, 0.05) is 12.6 Å². The number of amides is 1. The first kappa shape index (κ1) is 14.8. The van der Waals surface area contributed by atoms with Crippen LogP contribution in [0.5, 0.6) is 0 Å². The van der Waals surface area contributed by atoms with Crippen LogP contribution in [0.3, 0.4) is 0 Å². The summed E-state index contributed by atoms with van der Waals surface area (Å²) in [4.78, 5) is 16.4. The fourth-order valence-electron chi connectivity index (χ4n) is 1.50. The van der Waals surface area contributed by atoms with E-state index in [2.05, 4.69) is 15.6 Å². The molecule has 1 heterocycles. The Morgan fingerprint density at radius 2 is 2.00 bits per heavy atom. The van der Waals surface area contributed by atoms with Crippen LogP contribution in [0.25, 0.3) is 0 Å². The summed E-state index contributed by atoms with van der Waals surface area (Å²) >= 11 is 6.01. The predicted octanol–water partition coefficient (Wildman–Crippen LogP) is 3.09. The molecule has 2 N–H and O–H groups in total. The van der Waals surface area contributed by atoms with Gasteiger partial charge in [0.1, 0.15) is 11.5 Å². The molecule has 100 valence electrons. The predicted molar refractivity (Wildman–Crippen MR) is 75.2 cm³/mol. The molecule has 0 fully saturated rings. The van der Waals surface area contributed by atoms with Gasteiger partial charge < -0.3 is 10.6 Å². The molecule has 0 aliphatic heterocycles. The molecular weight excluding hydrogens is 250 g/mol. The number of hydrogen-bond acceptors (Lipinski definition) is 3. The highest BCUT2D eigenvalue weighted by Crippen LogP contribution is 2.19. The summed E-state index contributed by atoms with van der Waals surface area (Å²) in [5.41, 5.74) is 0.0363. The molecule has 0 atom stereocenters. The fraction of sp³-hybridized carbons (Fsp3) is 0.538. The van der Waals surface area contributed by atoms with E-state index in [9.17, 15) is 4.79 Å². The average molecular weight is 270 g/mol. The second-order valence-corrected chi connectivity index (χ2v) is 4.91. The number of rotatable bonds is 5. The topological polar surface area (TPSA) is 54.0 Å². The Morgan fingerprint density at radius 3 is 2.50 bits per heavy atom. The van der Waals surface area contributed by atoms with Gasteiger partial charge in [-0.1, -0.05) is 25.4 Å². The van der Waals surface area contributed by atoms with Crippen LogP contribution < -0.4 is 10.6 Å². The second kappa shape index (κ2) is 6.05. The SMILES string of the molecule is CCC(C)(CC)NC(=O)c1nc(NC)ccc1Cl. The Balaban J connectivity index is 2.97. The fourth-order valence-corrected chi connectivity index (χ4v) is 1.69. The van der Waals surface area contributed by atoms with Gasteiger partial charge in [-0.05, 0) is 31.9 Å². The zero-order valence-electron chi connectivity index (χ0n) is 11.3. The molecule has 1 amide bonds. The summed E-state index contributed by atoms with van der Waals surface area (Å²) in [6.07, 6.45) is 1.72. The minimum Gasteiger partial charge on any atom is -0.373 e. The Kier molecular flexibility index (Phi) is 4.96. The number of nitrogens with zero attached hydrogens (tertiary/aromatic N) is 1. The number of aromatic nitrogens is 1. The van der Waals surface area contributed by atoms with Gasteiger partial charge in [0.15, 0.2) is 0 Å². The van der Waals surface area contributed by atoms with Crippen molar-refractivity contribution in [2.24, 2.45) is 0 Å². The molecule has 0 radical (unpaired) electrons. The third-order valence-electron chi connectivity index (χ3n) is 3.29. The maximum absolute atomic E-state index is 12.2. The van der Waals surface area contributed by atoms with E-state index in [1.54, 1.807) is 19.2 Å². The Hall–Kier alpha value is -1.29. The second-order valence-electron chi connectivity index (χ2n) is 4.50. The standard InChI is InChI=1S/C13H20ClN3O/c1-5-13(3,6-2)17-12(18)11-9(14)7-8-10(15-4)16-11/h7-8H,5-6H2,1-4H3,(H,15,16)(H,17,18). The molecule has 0 saturated heterocycles. The Bertz CT molecular complexity index is 430. The molecule has 0 saturated carbocycles. The molecule has 0 bridgehead atoms. The average Bonchev–Trinajstić information content (AvgIpc) is 2.39. The minimum atomic E-state index is -0.233. The van der Waals surface area contributed by atoms with Crippen molar-refractivity contribution in [3.05, 3.63) is 22.8 Å². The molecule has 0 aliphatic rings. The first-order chi connectivity index (χ1) is 8.45. The highest BCUT2D eigenvalue weighted by molar-refractivity contribution is 6.33. The first-order valence-electron chi connectivity index (χ1n) is 6.12. The minimum absolute atomic E-state index is 0.224. The number of pyridine rings is 1. The van der Waals surface area contributed by atoms with Crippen LogP contribution in [0.4, 0.5) is 5.82 Å². The molecule has 0 spiro atoms. The van der Waals surface area contributed by atoms with Crippen LogP contribution in [0.15, 0.2) is 12.1 Å². The van der Waals surface area contributed by atoms with Crippen molar-refractivity contribution in [3.8, 4) is 0 Å². The van der Waals surface area contributed by atoms with Crippen molar-refractivity contribution in [2.45, 2.75) is 39.2 Å². The number of hydrogen-bond donors (Lipinski definition) is 2. The van der Waals surface area contributed by atoms with Crippen LogP contribution in [0, 0.1) is 0 Å². The lowest BCUT2D eigenvalue weighted by Gasteiger charge is -2.28. The van der Waals surface area contributed by atoms with Crippen molar-refractivity contribution in [2.75, 3.05) is 12.4 Å². The molecular formula is C13H20ClN3O. The van der Waals surface area contributed by atoms with Gasteiger partial charge >= 0.3 is 0 Å². The molecule has 0 unspecified atom stereocenters. The number of anilines is 1. The van der Waals surface area contributed by atoms with E-state index in [-0.39, 0.29) is 17.1 Å². The van der Waals surface area contributed by atoms with E-state index in [1.807, 2.05) is 20.8 Å². The summed E-state index contributed by atoms with van der Waals surface area (Å²) in [5, 5.41) is 6.24. The lowest BCUT2D eigenvalue weighted by atomic mass is 9.95. The molecule has 0 aliphatic carbocycles. The quantitative estimate of drug-likeness (QED) is 0.864. The Morgan fingerprint density at radius 1 is 1.39 bits per heavy atom. The normalized spacial score (nSPS) is 11.2. The summed E-state index contributed by atoms with van der Waals surface area (Å²) in [6, 6.07) is 3.41. The summed E-state index contributed by atoms with van der Waals surface area (Å²) in [6.45, 7) is 6.10. The zero-order chi connectivity index (χ0) is 13.8. The van der Waals surface area contributed by atoms with E-state index < -0.39 is 0 Å². The van der Waals surface area contributed by atoms with Gasteiger partial charge in [-0.25, -0.2) is 4.98 Å². The number of carbonyl (C=O) groups is 1. The molecule has 4 nitrogen and oxygen atoms in total. The van der Waals surface area contributed by atoms with Crippen LogP contribution in [0.2, 0.25) is 5.02 Å². The van der Waals surface area contributed by atoms with Gasteiger partial charge in [0.25, 0.3) is 5.91 Å². The van der Waals surface area contributed by atoms with E-state index in [0.29, 0.717) is 10.8 Å². The van der Waals surface area contributed by atoms with Crippen molar-refractivity contribution in [3.63, 3.8) is 0 Å². The molecule has 1 aromatic rings. The summed E-state index contributed by atoms with van der Waals surface area (Å²) in [7, 11) is 1.75. The van der Waals surface area contributed by atoms with Gasteiger partial charge in [0.05, 0.1) is 5.02 Å². The van der Waals surface area contributed by atoms with Crippen molar-refractivity contribution >= 4 is 23.3 Å². The van der Waals surface area contributed by atoms with Gasteiger partial charge in [0.2, 0.25) is 0 Å².